The average molecular weight is 460 g/mol. The minimum Gasteiger partial charge on any atom is -0.424 e. The van der Waals surface area contributed by atoms with Gasteiger partial charge >= 0.3 is 6.36 Å². The lowest BCUT2D eigenvalue weighted by Crippen LogP contribution is -2.77. The maximum absolute atomic E-state index is 12.1. The Kier molecular flexibility index (Phi) is 7.38. The fourth-order valence-electron chi connectivity index (χ4n) is 3.18. The van der Waals surface area contributed by atoms with E-state index in [0.29, 0.717) is 23.1 Å². The molecule has 0 unspecified atom stereocenters. The Bertz CT molecular complexity index is 950. The first kappa shape index (κ1) is 23.3. The molecule has 0 spiro atoms. The molecule has 1 aliphatic rings. The number of fused-ring (bicyclic) bond motifs is 1. The number of rotatable bonds is 8. The van der Waals surface area contributed by atoms with E-state index in [9.17, 15) is 13.2 Å². The van der Waals surface area contributed by atoms with Crippen LogP contribution in [-0.2, 0) is 22.7 Å². The molecule has 5 N–H and O–H groups in total. The average Bonchev–Trinajstić information content (AvgIpc) is 3.04. The summed E-state index contributed by atoms with van der Waals surface area (Å²) in [5, 5.41) is 11.7. The largest absolute Gasteiger partial charge is 0.550 e. The molecule has 1 aromatic carbocycles. The molecule has 2 aromatic rings. The first-order valence-corrected chi connectivity index (χ1v) is 9.93. The highest BCUT2D eigenvalue weighted by Gasteiger charge is 2.31. The molecule has 1 aromatic heterocycles. The molecule has 14 heteroatoms. The van der Waals surface area contributed by atoms with Gasteiger partial charge in [-0.25, -0.2) is 0 Å². The third-order valence-corrected chi connectivity index (χ3v) is 5.08. The van der Waals surface area contributed by atoms with Gasteiger partial charge in [0.05, 0.1) is 5.69 Å². The number of hydrogen-bond acceptors (Lipinski definition) is 8. The van der Waals surface area contributed by atoms with Gasteiger partial charge in [0.2, 0.25) is 0 Å². The first-order chi connectivity index (χ1) is 14.7. The summed E-state index contributed by atoms with van der Waals surface area (Å²) in [5.74, 6) is 1.68. The molecule has 0 bridgehead atoms. The van der Waals surface area contributed by atoms with Crippen molar-refractivity contribution in [1.29, 1.82) is 0 Å². The van der Waals surface area contributed by atoms with E-state index in [1.165, 1.54) is 0 Å². The molecule has 0 radical (unpaired) electrons. The van der Waals surface area contributed by atoms with Crippen LogP contribution in [0.25, 0.3) is 0 Å². The Labute approximate surface area is 181 Å². The summed E-state index contributed by atoms with van der Waals surface area (Å²) in [4.78, 5) is 9.73. The van der Waals surface area contributed by atoms with E-state index in [0.717, 1.165) is 36.5 Å². The topological polar surface area (TPSA) is 109 Å². The number of aromatic nitrogens is 2. The molecule has 3 rings (SSSR count). The third kappa shape index (κ3) is 5.65. The SMILES string of the molecule is [CH2-][NH2+]c1nc(N=Nc2cc3c(cc2NSOOC(F)(F)F)N(C)CCC3)n(C)c1[NH2+][CH2-]. The zero-order valence-corrected chi connectivity index (χ0v) is 17.8. The van der Waals surface area contributed by atoms with E-state index >= 15 is 0 Å². The van der Waals surface area contributed by atoms with Crippen LogP contribution in [-0.4, -0.2) is 29.5 Å². The van der Waals surface area contributed by atoms with Gasteiger partial charge in [-0.2, -0.15) is 4.98 Å². The summed E-state index contributed by atoms with van der Waals surface area (Å²) in [6.45, 7) is 0.871. The van der Waals surface area contributed by atoms with Gasteiger partial charge in [-0.3, -0.25) is 4.57 Å². The maximum Gasteiger partial charge on any atom is 0.550 e. The first-order valence-electron chi connectivity index (χ1n) is 9.19. The van der Waals surface area contributed by atoms with Crippen molar-refractivity contribution in [3.05, 3.63) is 31.8 Å². The Hall–Kier alpha value is -2.39. The summed E-state index contributed by atoms with van der Waals surface area (Å²) in [5.41, 5.74) is 2.84. The van der Waals surface area contributed by atoms with E-state index in [-0.39, 0.29) is 12.2 Å². The van der Waals surface area contributed by atoms with Crippen LogP contribution < -0.4 is 20.3 Å². The van der Waals surface area contributed by atoms with Crippen molar-refractivity contribution in [2.75, 3.05) is 23.2 Å². The summed E-state index contributed by atoms with van der Waals surface area (Å²) in [6.07, 6.45) is -3.07. The van der Waals surface area contributed by atoms with Gasteiger partial charge in [0.1, 0.15) is 17.9 Å². The van der Waals surface area contributed by atoms with Crippen molar-refractivity contribution in [2.24, 2.45) is 17.3 Å². The van der Waals surface area contributed by atoms with Crippen LogP contribution in [0.5, 0.6) is 0 Å². The zero-order valence-electron chi connectivity index (χ0n) is 16.9. The van der Waals surface area contributed by atoms with Crippen LogP contribution in [0.15, 0.2) is 22.4 Å². The minimum atomic E-state index is -4.91. The van der Waals surface area contributed by atoms with Crippen molar-refractivity contribution in [1.82, 2.24) is 9.55 Å². The van der Waals surface area contributed by atoms with Crippen molar-refractivity contribution < 1.29 is 33.0 Å². The Morgan fingerprint density at radius 2 is 2.00 bits per heavy atom. The normalized spacial score (nSPS) is 14.4. The molecule has 2 heterocycles. The number of benzene rings is 1. The second kappa shape index (κ2) is 9.82. The number of imidazole rings is 1. The lowest BCUT2D eigenvalue weighted by Gasteiger charge is -2.28. The van der Waals surface area contributed by atoms with Gasteiger partial charge in [0.25, 0.3) is 17.6 Å². The number of anilines is 2. The fourth-order valence-corrected chi connectivity index (χ4v) is 3.58. The predicted molar refractivity (Wildman–Crippen MR) is 109 cm³/mol. The monoisotopic (exact) mass is 460 g/mol. The Morgan fingerprint density at radius 3 is 2.65 bits per heavy atom. The standard InChI is InChI=1S/C17H23F3N8O2S/c1-21-14-15(22-2)28(4)16(23-14)25-24-11-8-10-6-5-7-27(3)13(10)9-12(11)26-31-30-29-17(18,19)20/h8-9,26H,1-2,5-7,21-22H2,3-4H3. The minimum absolute atomic E-state index is 0.278. The zero-order chi connectivity index (χ0) is 22.6. The van der Waals surface area contributed by atoms with Crippen LogP contribution in [0, 0.1) is 14.1 Å². The number of nitrogens with two attached hydrogens (primary N) is 2. The molecule has 10 nitrogen and oxygen atoms in total. The molecule has 170 valence electrons. The number of halogens is 3. The molecule has 0 aliphatic carbocycles. The van der Waals surface area contributed by atoms with E-state index in [1.54, 1.807) is 28.3 Å². The number of nitrogens with zero attached hydrogens (tertiary/aromatic N) is 5. The van der Waals surface area contributed by atoms with Gasteiger partial charge in [-0.05, 0) is 30.5 Å². The van der Waals surface area contributed by atoms with Gasteiger partial charge in [0, 0.05) is 26.3 Å². The van der Waals surface area contributed by atoms with Crippen molar-refractivity contribution in [3.63, 3.8) is 0 Å². The molecule has 0 atom stereocenters. The van der Waals surface area contributed by atoms with Crippen LogP contribution in [0.3, 0.4) is 0 Å². The number of quaternary nitrogens is 2. The highest BCUT2D eigenvalue weighted by atomic mass is 32.2. The number of hydrogen-bond donors (Lipinski definition) is 3. The summed E-state index contributed by atoms with van der Waals surface area (Å²) in [7, 11) is 11.2. The van der Waals surface area contributed by atoms with Crippen LogP contribution >= 0.6 is 12.2 Å². The smallest absolute Gasteiger partial charge is 0.424 e. The quantitative estimate of drug-likeness (QED) is 0.106. The van der Waals surface area contributed by atoms with E-state index in [1.807, 2.05) is 13.1 Å². The second-order valence-electron chi connectivity index (χ2n) is 6.66. The second-order valence-corrected chi connectivity index (χ2v) is 7.16. The van der Waals surface area contributed by atoms with Crippen LogP contribution in [0.1, 0.15) is 12.0 Å². The van der Waals surface area contributed by atoms with Crippen LogP contribution in [0.2, 0.25) is 0 Å². The summed E-state index contributed by atoms with van der Waals surface area (Å²) < 4.78 is 44.9. The predicted octanol–water partition coefficient (Wildman–Crippen LogP) is 2.63. The number of aryl methyl sites for hydroxylation is 1. The lowest BCUT2D eigenvalue weighted by atomic mass is 10.0. The third-order valence-electron chi connectivity index (χ3n) is 4.64. The lowest BCUT2D eigenvalue weighted by molar-refractivity contribution is -0.547. The maximum atomic E-state index is 12.1. The number of alkyl halides is 3. The highest BCUT2D eigenvalue weighted by Crippen LogP contribution is 2.38. The molecule has 0 amide bonds. The number of nitrogens with one attached hydrogen (secondary N) is 1. The Morgan fingerprint density at radius 1 is 1.23 bits per heavy atom. The van der Waals surface area contributed by atoms with E-state index < -0.39 is 6.36 Å². The molecule has 0 saturated heterocycles. The molecule has 0 saturated carbocycles. The van der Waals surface area contributed by atoms with Gasteiger partial charge < -0.3 is 20.3 Å². The number of azo groups is 1. The highest BCUT2D eigenvalue weighted by molar-refractivity contribution is 7.95. The summed E-state index contributed by atoms with van der Waals surface area (Å²) >= 11 is 0.278. The van der Waals surface area contributed by atoms with Crippen molar-refractivity contribution in [2.45, 2.75) is 19.2 Å². The Balaban J connectivity index is 1.89. The van der Waals surface area contributed by atoms with Gasteiger partial charge in [-0.1, -0.05) is 0 Å². The molecule has 31 heavy (non-hydrogen) atoms. The molecule has 1 aliphatic heterocycles. The van der Waals surface area contributed by atoms with Gasteiger partial charge in [-0.15, -0.1) is 46.7 Å². The molecular formula is C17H23F3N8O2S. The molecule has 0 fully saturated rings. The van der Waals surface area contributed by atoms with Crippen LogP contribution in [0.4, 0.5) is 47.8 Å². The van der Waals surface area contributed by atoms with Crippen molar-refractivity contribution in [3.8, 4) is 0 Å². The molecular weight excluding hydrogens is 437 g/mol. The van der Waals surface area contributed by atoms with E-state index in [2.05, 4.69) is 48.2 Å². The fraction of sp³-hybridized carbons (Fsp3) is 0.353. The van der Waals surface area contributed by atoms with E-state index in [4.69, 9.17) is 0 Å². The van der Waals surface area contributed by atoms with Gasteiger partial charge in [0.15, 0.2) is 0 Å². The summed E-state index contributed by atoms with van der Waals surface area (Å²) in [6, 6.07) is 3.63. The van der Waals surface area contributed by atoms with Crippen molar-refractivity contribution >= 4 is 46.9 Å².